The normalized spacial score (nSPS) is 14.6. The number of aromatic nitrogens is 4. The number of benzene rings is 1. The molecule has 0 N–H and O–H groups in total. The van der Waals surface area contributed by atoms with Crippen LogP contribution in [0, 0.1) is 6.92 Å². The van der Waals surface area contributed by atoms with Crippen LogP contribution in [0.5, 0.6) is 5.75 Å². The van der Waals surface area contributed by atoms with Crippen molar-refractivity contribution in [1.29, 1.82) is 0 Å². The summed E-state index contributed by atoms with van der Waals surface area (Å²) < 4.78 is 7.83. The second-order valence-corrected chi connectivity index (χ2v) is 8.38. The van der Waals surface area contributed by atoms with E-state index in [1.165, 1.54) is 0 Å². The number of rotatable bonds is 5. The van der Waals surface area contributed by atoms with E-state index in [4.69, 9.17) is 16.3 Å². The van der Waals surface area contributed by atoms with Crippen LogP contribution in [0.1, 0.15) is 19.7 Å². The van der Waals surface area contributed by atoms with E-state index < -0.39 is 5.60 Å². The number of amides is 1. The molecular weight excluding hydrogens is 416 g/mol. The van der Waals surface area contributed by atoms with Crippen molar-refractivity contribution in [3.63, 3.8) is 0 Å². The van der Waals surface area contributed by atoms with E-state index in [1.807, 2.05) is 34.7 Å². The predicted molar refractivity (Wildman–Crippen MR) is 119 cm³/mol. The van der Waals surface area contributed by atoms with E-state index in [0.29, 0.717) is 37.0 Å². The molecular formula is C22H25ClN6O2. The lowest BCUT2D eigenvalue weighted by Gasteiger charge is -2.38. The number of piperazine rings is 1. The summed E-state index contributed by atoms with van der Waals surface area (Å²) >= 11 is 5.92. The van der Waals surface area contributed by atoms with Crippen molar-refractivity contribution >= 4 is 23.3 Å². The molecule has 2 aromatic heterocycles. The van der Waals surface area contributed by atoms with Crippen LogP contribution in [0.2, 0.25) is 5.02 Å². The van der Waals surface area contributed by atoms with E-state index >= 15 is 0 Å². The molecule has 0 aliphatic carbocycles. The molecule has 0 bridgehead atoms. The molecule has 3 heterocycles. The van der Waals surface area contributed by atoms with E-state index in [9.17, 15) is 4.79 Å². The molecule has 1 fully saturated rings. The highest BCUT2D eigenvalue weighted by atomic mass is 35.5. The molecule has 0 atom stereocenters. The molecule has 0 unspecified atom stereocenters. The molecule has 31 heavy (non-hydrogen) atoms. The number of anilines is 1. The van der Waals surface area contributed by atoms with E-state index in [-0.39, 0.29) is 5.91 Å². The van der Waals surface area contributed by atoms with Crippen LogP contribution >= 0.6 is 11.6 Å². The molecule has 4 rings (SSSR count). The SMILES string of the molecule is Cc1nccn1-c1ccc(N2CCN(C(=O)C(C)(C)Oc3ccc(Cl)cc3)CC2)nn1. The summed E-state index contributed by atoms with van der Waals surface area (Å²) in [5.74, 6) is 2.96. The van der Waals surface area contributed by atoms with Crippen LogP contribution in [0.4, 0.5) is 5.82 Å². The van der Waals surface area contributed by atoms with Crippen LogP contribution in [-0.4, -0.2) is 62.3 Å². The molecule has 1 aliphatic heterocycles. The third-order valence-corrected chi connectivity index (χ3v) is 5.55. The Morgan fingerprint density at radius 2 is 1.65 bits per heavy atom. The molecule has 9 heteroatoms. The summed E-state index contributed by atoms with van der Waals surface area (Å²) in [6.45, 7) is 8.05. The second kappa shape index (κ2) is 8.55. The zero-order valence-electron chi connectivity index (χ0n) is 17.8. The van der Waals surface area contributed by atoms with Gasteiger partial charge >= 0.3 is 0 Å². The average Bonchev–Trinajstić information content (AvgIpc) is 3.21. The molecule has 0 spiro atoms. The van der Waals surface area contributed by atoms with Gasteiger partial charge in [0.2, 0.25) is 0 Å². The molecule has 3 aromatic rings. The molecule has 0 radical (unpaired) electrons. The van der Waals surface area contributed by atoms with Crippen LogP contribution in [0.15, 0.2) is 48.8 Å². The van der Waals surface area contributed by atoms with Crippen LogP contribution < -0.4 is 9.64 Å². The molecule has 1 saturated heterocycles. The highest BCUT2D eigenvalue weighted by Gasteiger charge is 2.36. The first-order valence-corrected chi connectivity index (χ1v) is 10.5. The lowest BCUT2D eigenvalue weighted by Crippen LogP contribution is -2.56. The number of nitrogens with zero attached hydrogens (tertiary/aromatic N) is 6. The maximum absolute atomic E-state index is 13.1. The zero-order chi connectivity index (χ0) is 22.0. The Kier molecular flexibility index (Phi) is 5.82. The van der Waals surface area contributed by atoms with Crippen LogP contribution in [-0.2, 0) is 4.79 Å². The first kappa shape index (κ1) is 21.1. The largest absolute Gasteiger partial charge is 0.478 e. The predicted octanol–water partition coefficient (Wildman–Crippen LogP) is 3.13. The Bertz CT molecular complexity index is 1040. The van der Waals surface area contributed by atoms with Crippen LogP contribution in [0.25, 0.3) is 5.82 Å². The van der Waals surface area contributed by atoms with Crippen molar-refractivity contribution < 1.29 is 9.53 Å². The highest BCUT2D eigenvalue weighted by Crippen LogP contribution is 2.23. The summed E-state index contributed by atoms with van der Waals surface area (Å²) in [4.78, 5) is 21.2. The summed E-state index contributed by atoms with van der Waals surface area (Å²) in [6.07, 6.45) is 3.59. The summed E-state index contributed by atoms with van der Waals surface area (Å²) in [5, 5.41) is 9.32. The fourth-order valence-corrected chi connectivity index (χ4v) is 3.72. The van der Waals surface area contributed by atoms with Gasteiger partial charge in [-0.2, -0.15) is 0 Å². The van der Waals surface area contributed by atoms with Crippen molar-refractivity contribution in [3.8, 4) is 11.6 Å². The fraction of sp³-hybridized carbons (Fsp3) is 0.364. The van der Waals surface area contributed by atoms with Gasteiger partial charge in [0, 0.05) is 43.6 Å². The summed E-state index contributed by atoms with van der Waals surface area (Å²) in [5.41, 5.74) is -0.972. The maximum Gasteiger partial charge on any atom is 0.266 e. The average molecular weight is 441 g/mol. The van der Waals surface area contributed by atoms with E-state index in [0.717, 1.165) is 17.5 Å². The number of carbonyl (C=O) groups excluding carboxylic acids is 1. The maximum atomic E-state index is 13.1. The number of halogens is 1. The molecule has 1 aliphatic rings. The van der Waals surface area contributed by atoms with Gasteiger partial charge in [0.25, 0.3) is 5.91 Å². The van der Waals surface area contributed by atoms with Crippen molar-refractivity contribution in [2.45, 2.75) is 26.4 Å². The van der Waals surface area contributed by atoms with Crippen molar-refractivity contribution in [3.05, 3.63) is 59.6 Å². The first-order valence-electron chi connectivity index (χ1n) is 10.2. The number of imidazole rings is 1. The minimum atomic E-state index is -0.972. The molecule has 1 aromatic carbocycles. The second-order valence-electron chi connectivity index (χ2n) is 7.94. The van der Waals surface area contributed by atoms with E-state index in [2.05, 4.69) is 20.1 Å². The zero-order valence-corrected chi connectivity index (χ0v) is 18.6. The lowest BCUT2D eigenvalue weighted by molar-refractivity contribution is -0.145. The van der Waals surface area contributed by atoms with E-state index in [1.54, 1.807) is 44.3 Å². The lowest BCUT2D eigenvalue weighted by atomic mass is 10.1. The minimum absolute atomic E-state index is 0.0425. The fourth-order valence-electron chi connectivity index (χ4n) is 3.60. The topological polar surface area (TPSA) is 76.4 Å². The Morgan fingerprint density at radius 1 is 1.00 bits per heavy atom. The summed E-state index contributed by atoms with van der Waals surface area (Å²) in [7, 11) is 0. The molecule has 0 saturated carbocycles. The first-order chi connectivity index (χ1) is 14.8. The molecule has 162 valence electrons. The third-order valence-electron chi connectivity index (χ3n) is 5.30. The quantitative estimate of drug-likeness (QED) is 0.606. The van der Waals surface area contributed by atoms with Crippen LogP contribution in [0.3, 0.4) is 0 Å². The Labute approximate surface area is 186 Å². The van der Waals surface area contributed by atoms with Gasteiger partial charge in [-0.25, -0.2) is 4.98 Å². The van der Waals surface area contributed by atoms with Gasteiger partial charge in [-0.05, 0) is 57.2 Å². The number of hydrogen-bond donors (Lipinski definition) is 0. The van der Waals surface area contributed by atoms with Gasteiger partial charge in [0.05, 0.1) is 0 Å². The molecule has 1 amide bonds. The van der Waals surface area contributed by atoms with Gasteiger partial charge in [0.1, 0.15) is 11.6 Å². The Hall–Kier alpha value is -3.13. The Balaban J connectivity index is 1.36. The minimum Gasteiger partial charge on any atom is -0.478 e. The third kappa shape index (κ3) is 4.64. The van der Waals surface area contributed by atoms with Gasteiger partial charge in [-0.1, -0.05) is 11.6 Å². The van der Waals surface area contributed by atoms with Gasteiger partial charge < -0.3 is 14.5 Å². The highest BCUT2D eigenvalue weighted by molar-refractivity contribution is 6.30. The Morgan fingerprint density at radius 3 is 2.23 bits per heavy atom. The van der Waals surface area contributed by atoms with Gasteiger partial charge in [-0.15, -0.1) is 10.2 Å². The van der Waals surface area contributed by atoms with Gasteiger partial charge in [0.15, 0.2) is 17.2 Å². The monoisotopic (exact) mass is 440 g/mol. The molecule has 8 nitrogen and oxygen atoms in total. The standard InChI is InChI=1S/C22H25ClN6O2/c1-16-24-10-11-29(16)20-9-8-19(25-26-20)27-12-14-28(15-13-27)21(30)22(2,3)31-18-6-4-17(23)5-7-18/h4-11H,12-15H2,1-3H3. The smallest absolute Gasteiger partial charge is 0.266 e. The summed E-state index contributed by atoms with van der Waals surface area (Å²) in [6, 6.07) is 10.9. The van der Waals surface area contributed by atoms with Crippen molar-refractivity contribution in [1.82, 2.24) is 24.6 Å². The number of hydrogen-bond acceptors (Lipinski definition) is 6. The van der Waals surface area contributed by atoms with Crippen molar-refractivity contribution in [2.24, 2.45) is 0 Å². The van der Waals surface area contributed by atoms with Crippen molar-refractivity contribution in [2.75, 3.05) is 31.1 Å². The van der Waals surface area contributed by atoms with Gasteiger partial charge in [-0.3, -0.25) is 9.36 Å². The number of carbonyl (C=O) groups is 1. The number of aryl methyl sites for hydroxylation is 1. The number of ether oxygens (including phenoxy) is 1.